The zero-order valence-corrected chi connectivity index (χ0v) is 7.96. The topological polar surface area (TPSA) is 69.7 Å². The molecule has 0 aromatic heterocycles. The first-order valence-corrected chi connectivity index (χ1v) is 5.07. The average molecular weight is 194 g/mol. The van der Waals surface area contributed by atoms with E-state index in [0.717, 1.165) is 0 Å². The molecule has 6 heteroatoms. The van der Waals surface area contributed by atoms with Crippen molar-refractivity contribution >= 4 is 19.7 Å². The Morgan fingerprint density at radius 2 is 1.42 bits per heavy atom. The molecule has 0 saturated carbocycles. The summed E-state index contributed by atoms with van der Waals surface area (Å²) in [6, 6.07) is 0. The zero-order chi connectivity index (χ0) is 9.56. The molecule has 70 valence electrons. The van der Waals surface area contributed by atoms with Crippen LogP contribution in [0.2, 0.25) is 0 Å². The molecule has 0 aliphatic rings. The summed E-state index contributed by atoms with van der Waals surface area (Å²) in [5.41, 5.74) is 0. The molecule has 0 bridgehead atoms. The van der Waals surface area contributed by atoms with E-state index in [0.29, 0.717) is 0 Å². The van der Waals surface area contributed by atoms with E-state index in [4.69, 9.17) is 0 Å². The Bertz CT molecular complexity index is 180. The Hall–Kier alpha value is -0.830. The number of ether oxygens (including phenoxy) is 2. The number of esters is 2. The van der Waals surface area contributed by atoms with Crippen LogP contribution in [0.5, 0.6) is 0 Å². The Balaban J connectivity index is 3.74. The van der Waals surface area contributed by atoms with Gasteiger partial charge in [0.2, 0.25) is 0 Å². The van der Waals surface area contributed by atoms with Crippen LogP contribution in [-0.4, -0.2) is 38.5 Å². The van der Waals surface area contributed by atoms with Crippen LogP contribution in [-0.2, 0) is 23.6 Å². The molecule has 0 N–H and O–H groups in total. The first kappa shape index (κ1) is 11.2. The molecular weight excluding hydrogens is 183 g/mol. The van der Waals surface area contributed by atoms with Crippen molar-refractivity contribution in [3.8, 4) is 0 Å². The fourth-order valence-electron chi connectivity index (χ4n) is 0.529. The minimum Gasteiger partial charge on any atom is -0.469 e. The van der Waals surface area contributed by atoms with Crippen molar-refractivity contribution in [3.63, 3.8) is 0 Å². The Morgan fingerprint density at radius 3 is 1.67 bits per heavy atom. The number of hydrogen-bond acceptors (Lipinski definition) is 5. The predicted octanol–water partition coefficient (Wildman–Crippen LogP) is -0.108. The van der Waals surface area contributed by atoms with E-state index in [9.17, 15) is 14.2 Å². The summed E-state index contributed by atoms with van der Waals surface area (Å²) in [6.45, 7) is 0. The summed E-state index contributed by atoms with van der Waals surface area (Å²) in [6.07, 6.45) is -0.396. The van der Waals surface area contributed by atoms with Crippen LogP contribution < -0.4 is 0 Å². The van der Waals surface area contributed by atoms with Gasteiger partial charge in [0.25, 0.3) is 0 Å². The summed E-state index contributed by atoms with van der Waals surface area (Å²) in [4.78, 5) is 21.1. The SMILES string of the molecule is COC(=O)C[PH](=O)CC(=O)OC. The van der Waals surface area contributed by atoms with Crippen molar-refractivity contribution in [2.45, 2.75) is 0 Å². The lowest BCUT2D eigenvalue weighted by atomic mass is 10.8. The van der Waals surface area contributed by atoms with Crippen molar-refractivity contribution in [2.24, 2.45) is 0 Å². The van der Waals surface area contributed by atoms with Gasteiger partial charge in [0.1, 0.15) is 0 Å². The van der Waals surface area contributed by atoms with Crippen molar-refractivity contribution in [2.75, 3.05) is 26.5 Å². The third-order valence-electron chi connectivity index (χ3n) is 1.14. The fourth-order valence-corrected chi connectivity index (χ4v) is 1.59. The van der Waals surface area contributed by atoms with Crippen LogP contribution in [0.1, 0.15) is 0 Å². The van der Waals surface area contributed by atoms with Crippen molar-refractivity contribution < 1.29 is 23.6 Å². The lowest BCUT2D eigenvalue weighted by molar-refractivity contribution is -0.137. The second kappa shape index (κ2) is 5.77. The molecule has 0 unspecified atom stereocenters. The van der Waals surface area contributed by atoms with E-state index in [1.807, 2.05) is 0 Å². The largest absolute Gasteiger partial charge is 0.469 e. The van der Waals surface area contributed by atoms with Crippen molar-refractivity contribution in [1.82, 2.24) is 0 Å². The Morgan fingerprint density at radius 1 is 1.08 bits per heavy atom. The molecule has 0 spiro atoms. The monoisotopic (exact) mass is 194 g/mol. The van der Waals surface area contributed by atoms with Gasteiger partial charge < -0.3 is 14.0 Å². The molecule has 0 rings (SSSR count). The van der Waals surface area contributed by atoms with Crippen LogP contribution >= 0.6 is 7.80 Å². The Labute approximate surface area is 70.8 Å². The molecule has 0 radical (unpaired) electrons. The van der Waals surface area contributed by atoms with Gasteiger partial charge in [-0.1, -0.05) is 0 Å². The standard InChI is InChI=1S/C6H11O5P/c1-10-5(7)3-12(9)4-6(8)11-2/h12H,3-4H2,1-2H3. The van der Waals surface area contributed by atoms with Gasteiger partial charge in [-0.15, -0.1) is 0 Å². The molecule has 0 aliphatic carbocycles. The molecule has 0 amide bonds. The van der Waals surface area contributed by atoms with Crippen LogP contribution in [0, 0.1) is 0 Å². The van der Waals surface area contributed by atoms with Gasteiger partial charge in [-0.3, -0.25) is 9.59 Å². The van der Waals surface area contributed by atoms with Crippen molar-refractivity contribution in [3.05, 3.63) is 0 Å². The molecule has 0 atom stereocenters. The highest BCUT2D eigenvalue weighted by molar-refractivity contribution is 7.46. The average Bonchev–Trinajstić information content (AvgIpc) is 2.03. The van der Waals surface area contributed by atoms with Gasteiger partial charge in [-0.2, -0.15) is 0 Å². The predicted molar refractivity (Wildman–Crippen MR) is 42.8 cm³/mol. The first-order valence-electron chi connectivity index (χ1n) is 3.25. The third-order valence-corrected chi connectivity index (χ3v) is 2.50. The van der Waals surface area contributed by atoms with Gasteiger partial charge in [-0.25, -0.2) is 0 Å². The van der Waals surface area contributed by atoms with E-state index in [1.165, 1.54) is 14.2 Å². The van der Waals surface area contributed by atoms with E-state index >= 15 is 0 Å². The highest BCUT2D eigenvalue weighted by atomic mass is 31.1. The van der Waals surface area contributed by atoms with Gasteiger partial charge in [0, 0.05) is 0 Å². The van der Waals surface area contributed by atoms with Gasteiger partial charge in [0.15, 0.2) is 0 Å². The molecule has 0 aliphatic heterocycles. The zero-order valence-electron chi connectivity index (χ0n) is 6.96. The van der Waals surface area contributed by atoms with E-state index in [2.05, 4.69) is 9.47 Å². The van der Waals surface area contributed by atoms with Crippen LogP contribution in [0.3, 0.4) is 0 Å². The van der Waals surface area contributed by atoms with Crippen molar-refractivity contribution in [1.29, 1.82) is 0 Å². The van der Waals surface area contributed by atoms with Gasteiger partial charge in [-0.05, 0) is 0 Å². The summed E-state index contributed by atoms with van der Waals surface area (Å²) in [7, 11) is 0.197. The van der Waals surface area contributed by atoms with Gasteiger partial charge in [0.05, 0.1) is 34.3 Å². The minimum absolute atomic E-state index is 0.198. The van der Waals surface area contributed by atoms with E-state index < -0.39 is 19.7 Å². The summed E-state index contributed by atoms with van der Waals surface area (Å²) < 4.78 is 19.5. The van der Waals surface area contributed by atoms with Gasteiger partial charge >= 0.3 is 11.9 Å². The lowest BCUT2D eigenvalue weighted by Gasteiger charge is -1.98. The maximum Gasteiger partial charge on any atom is 0.312 e. The maximum absolute atomic E-state index is 11.0. The number of carbonyl (C=O) groups excluding carboxylic acids is 2. The maximum atomic E-state index is 11.0. The smallest absolute Gasteiger partial charge is 0.312 e. The minimum atomic E-state index is -2.21. The van der Waals surface area contributed by atoms with E-state index in [1.54, 1.807) is 0 Å². The third kappa shape index (κ3) is 4.91. The lowest BCUT2D eigenvalue weighted by Crippen LogP contribution is -2.09. The number of methoxy groups -OCH3 is 2. The molecule has 12 heavy (non-hydrogen) atoms. The molecule has 0 aromatic rings. The second-order valence-corrected chi connectivity index (χ2v) is 3.83. The summed E-state index contributed by atoms with van der Waals surface area (Å²) in [5, 5.41) is 0. The normalized spacial score (nSPS) is 9.58. The van der Waals surface area contributed by atoms with E-state index in [-0.39, 0.29) is 12.3 Å². The highest BCUT2D eigenvalue weighted by Gasteiger charge is 2.12. The first-order chi connectivity index (χ1) is 5.60. The fraction of sp³-hybridized carbons (Fsp3) is 0.667. The molecular formula is C6H11O5P. The van der Waals surface area contributed by atoms with Crippen LogP contribution in [0.4, 0.5) is 0 Å². The molecule has 0 fully saturated rings. The Kier molecular flexibility index (Phi) is 5.37. The summed E-state index contributed by atoms with van der Waals surface area (Å²) >= 11 is 0. The van der Waals surface area contributed by atoms with Crippen LogP contribution in [0.15, 0.2) is 0 Å². The molecule has 0 aromatic carbocycles. The van der Waals surface area contributed by atoms with Crippen LogP contribution in [0.25, 0.3) is 0 Å². The molecule has 0 heterocycles. The number of carbonyl (C=O) groups is 2. The number of hydrogen-bond donors (Lipinski definition) is 0. The quantitative estimate of drug-likeness (QED) is 0.461. The number of rotatable bonds is 4. The molecule has 0 saturated heterocycles. The molecule has 5 nitrogen and oxygen atoms in total. The highest BCUT2D eigenvalue weighted by Crippen LogP contribution is 2.19. The summed E-state index contributed by atoms with van der Waals surface area (Å²) in [5.74, 6) is -1.13. The second-order valence-electron chi connectivity index (χ2n) is 2.04.